The van der Waals surface area contributed by atoms with Gasteiger partial charge in [-0.15, -0.1) is 0 Å². The highest BCUT2D eigenvalue weighted by molar-refractivity contribution is 5.98. The zero-order valence-electron chi connectivity index (χ0n) is 14.4. The number of fused-ring (bicyclic) bond motifs is 1. The van der Waals surface area contributed by atoms with Gasteiger partial charge in [0.2, 0.25) is 0 Å². The first kappa shape index (κ1) is 16.8. The fourth-order valence-corrected chi connectivity index (χ4v) is 3.57. The minimum absolute atomic E-state index is 0.0475. The van der Waals surface area contributed by atoms with Gasteiger partial charge in [0.1, 0.15) is 13.2 Å². The summed E-state index contributed by atoms with van der Waals surface area (Å²) in [6, 6.07) is 9.22. The molecule has 0 radical (unpaired) electrons. The lowest BCUT2D eigenvalue weighted by molar-refractivity contribution is 0.0238. The van der Waals surface area contributed by atoms with Crippen molar-refractivity contribution in [1.29, 1.82) is 0 Å². The normalized spacial score (nSPS) is 22.2. The molecule has 1 aromatic heterocycles. The van der Waals surface area contributed by atoms with Gasteiger partial charge in [-0.05, 0) is 55.0 Å². The number of carbonyl (C=O) groups is 1. The molecule has 6 heteroatoms. The van der Waals surface area contributed by atoms with Gasteiger partial charge in [-0.25, -0.2) is 0 Å². The molecule has 6 nitrogen and oxygen atoms in total. The van der Waals surface area contributed by atoms with E-state index in [9.17, 15) is 9.90 Å². The van der Waals surface area contributed by atoms with Crippen LogP contribution in [0.15, 0.2) is 42.7 Å². The zero-order valence-corrected chi connectivity index (χ0v) is 14.4. The number of pyridine rings is 1. The Kier molecular flexibility index (Phi) is 4.75. The highest BCUT2D eigenvalue weighted by Gasteiger charge is 2.35. The first-order valence-corrected chi connectivity index (χ1v) is 8.97. The lowest BCUT2D eigenvalue weighted by Crippen LogP contribution is -2.48. The van der Waals surface area contributed by atoms with E-state index in [1.165, 1.54) is 0 Å². The summed E-state index contributed by atoms with van der Waals surface area (Å²) in [5.74, 6) is 1.20. The quantitative estimate of drug-likeness (QED) is 0.858. The molecule has 1 aliphatic heterocycles. The van der Waals surface area contributed by atoms with Crippen molar-refractivity contribution in [3.63, 3.8) is 0 Å². The number of ether oxygens (including phenoxy) is 2. The lowest BCUT2D eigenvalue weighted by Gasteiger charge is -2.38. The van der Waals surface area contributed by atoms with Gasteiger partial charge < -0.3 is 19.9 Å². The molecular weight excluding hydrogens is 332 g/mol. The van der Waals surface area contributed by atoms with Gasteiger partial charge in [-0.2, -0.15) is 0 Å². The van der Waals surface area contributed by atoms with E-state index >= 15 is 0 Å². The average Bonchev–Trinajstić information content (AvgIpc) is 2.65. The molecule has 2 aromatic rings. The molecule has 2 heterocycles. The number of nitrogens with one attached hydrogen (secondary N) is 1. The minimum Gasteiger partial charge on any atom is -0.486 e. The van der Waals surface area contributed by atoms with Gasteiger partial charge in [0.05, 0.1) is 11.7 Å². The Morgan fingerprint density at radius 3 is 2.73 bits per heavy atom. The standard InChI is InChI=1S/C20H22N2O4/c23-15-11-14(12-15)17(10-13-4-6-21-7-5-13)22-20(24)16-2-1-3-18-19(16)26-9-8-25-18/h1-7,14-15,17,23H,8-12H2,(H,22,24)/t14?,15?,17-/m0/s1. The molecule has 1 atom stereocenters. The van der Waals surface area contributed by atoms with Gasteiger partial charge in [0.25, 0.3) is 5.91 Å². The molecular formula is C20H22N2O4. The number of carbonyl (C=O) groups excluding carboxylic acids is 1. The first-order valence-electron chi connectivity index (χ1n) is 8.97. The fourth-order valence-electron chi connectivity index (χ4n) is 3.57. The molecule has 1 aliphatic carbocycles. The van der Waals surface area contributed by atoms with E-state index in [-0.39, 0.29) is 24.0 Å². The van der Waals surface area contributed by atoms with Gasteiger partial charge >= 0.3 is 0 Å². The topological polar surface area (TPSA) is 80.7 Å². The lowest BCUT2D eigenvalue weighted by atomic mass is 9.75. The number of aliphatic hydroxyl groups is 1. The van der Waals surface area contributed by atoms with E-state index in [0.29, 0.717) is 49.5 Å². The molecule has 0 bridgehead atoms. The number of aliphatic hydroxyl groups excluding tert-OH is 1. The Labute approximate surface area is 152 Å². The maximum absolute atomic E-state index is 12.9. The number of amides is 1. The number of hydrogen-bond donors (Lipinski definition) is 2. The average molecular weight is 354 g/mol. The van der Waals surface area contributed by atoms with Crippen LogP contribution < -0.4 is 14.8 Å². The van der Waals surface area contributed by atoms with Gasteiger partial charge in [-0.3, -0.25) is 9.78 Å². The predicted octanol–water partition coefficient (Wildman–Crippen LogP) is 1.96. The molecule has 2 N–H and O–H groups in total. The Bertz CT molecular complexity index is 775. The van der Waals surface area contributed by atoms with Gasteiger partial charge in [0.15, 0.2) is 11.5 Å². The number of para-hydroxylation sites is 1. The molecule has 2 aliphatic rings. The van der Waals surface area contributed by atoms with E-state index in [1.807, 2.05) is 18.2 Å². The third kappa shape index (κ3) is 3.51. The summed E-state index contributed by atoms with van der Waals surface area (Å²) in [5.41, 5.74) is 1.60. The van der Waals surface area contributed by atoms with Crippen molar-refractivity contribution in [2.24, 2.45) is 5.92 Å². The van der Waals surface area contributed by atoms with Crippen LogP contribution in [0, 0.1) is 5.92 Å². The van der Waals surface area contributed by atoms with Crippen LogP contribution in [-0.4, -0.2) is 41.4 Å². The van der Waals surface area contributed by atoms with E-state index in [1.54, 1.807) is 24.5 Å². The number of benzene rings is 1. The zero-order chi connectivity index (χ0) is 17.9. The van der Waals surface area contributed by atoms with Crippen LogP contribution in [0.1, 0.15) is 28.8 Å². The van der Waals surface area contributed by atoms with E-state index in [0.717, 1.165) is 5.56 Å². The van der Waals surface area contributed by atoms with E-state index in [2.05, 4.69) is 10.3 Å². The summed E-state index contributed by atoms with van der Waals surface area (Å²) in [6.45, 7) is 0.926. The molecule has 26 heavy (non-hydrogen) atoms. The highest BCUT2D eigenvalue weighted by Crippen LogP contribution is 2.35. The van der Waals surface area contributed by atoms with Crippen LogP contribution in [-0.2, 0) is 6.42 Å². The SMILES string of the molecule is O=C(N[C@@H](Cc1ccncc1)C1CC(O)C1)c1cccc2c1OCCO2. The smallest absolute Gasteiger partial charge is 0.255 e. The van der Waals surface area contributed by atoms with E-state index in [4.69, 9.17) is 9.47 Å². The van der Waals surface area contributed by atoms with Crippen molar-refractivity contribution in [1.82, 2.24) is 10.3 Å². The van der Waals surface area contributed by atoms with Crippen molar-refractivity contribution in [3.05, 3.63) is 53.9 Å². The summed E-state index contributed by atoms with van der Waals surface area (Å²) in [5, 5.41) is 12.8. The van der Waals surface area contributed by atoms with Gasteiger partial charge in [-0.1, -0.05) is 6.07 Å². The maximum atomic E-state index is 12.9. The number of hydrogen-bond acceptors (Lipinski definition) is 5. The Morgan fingerprint density at radius 1 is 1.19 bits per heavy atom. The molecule has 4 rings (SSSR count). The Morgan fingerprint density at radius 2 is 1.96 bits per heavy atom. The molecule has 0 spiro atoms. The monoisotopic (exact) mass is 354 g/mol. The molecule has 1 saturated carbocycles. The Hall–Kier alpha value is -2.60. The second-order valence-corrected chi connectivity index (χ2v) is 6.85. The summed E-state index contributed by atoms with van der Waals surface area (Å²) < 4.78 is 11.2. The third-order valence-electron chi connectivity index (χ3n) is 5.05. The second-order valence-electron chi connectivity index (χ2n) is 6.85. The second kappa shape index (κ2) is 7.33. The van der Waals surface area contributed by atoms with Gasteiger partial charge in [0, 0.05) is 18.4 Å². The van der Waals surface area contributed by atoms with Crippen LogP contribution in [0.5, 0.6) is 11.5 Å². The number of nitrogens with zero attached hydrogens (tertiary/aromatic N) is 1. The molecule has 0 unspecified atom stereocenters. The highest BCUT2D eigenvalue weighted by atomic mass is 16.6. The van der Waals surface area contributed by atoms with Crippen molar-refractivity contribution in [2.75, 3.05) is 13.2 Å². The molecule has 1 fully saturated rings. The van der Waals surface area contributed by atoms with Crippen LogP contribution in [0.25, 0.3) is 0 Å². The van der Waals surface area contributed by atoms with Crippen molar-refractivity contribution < 1.29 is 19.4 Å². The molecule has 1 amide bonds. The number of rotatable bonds is 5. The molecule has 0 saturated heterocycles. The van der Waals surface area contributed by atoms with Crippen molar-refractivity contribution in [3.8, 4) is 11.5 Å². The van der Waals surface area contributed by atoms with Crippen LogP contribution in [0.3, 0.4) is 0 Å². The van der Waals surface area contributed by atoms with Crippen molar-refractivity contribution >= 4 is 5.91 Å². The van der Waals surface area contributed by atoms with E-state index < -0.39 is 0 Å². The molecule has 1 aromatic carbocycles. The summed E-state index contributed by atoms with van der Waals surface area (Å²) in [6.07, 6.45) is 5.37. The van der Waals surface area contributed by atoms with Crippen molar-refractivity contribution in [2.45, 2.75) is 31.4 Å². The third-order valence-corrected chi connectivity index (χ3v) is 5.05. The fraction of sp³-hybridized carbons (Fsp3) is 0.400. The largest absolute Gasteiger partial charge is 0.486 e. The predicted molar refractivity (Wildman–Crippen MR) is 95.4 cm³/mol. The van der Waals surface area contributed by atoms with Crippen LogP contribution in [0.2, 0.25) is 0 Å². The summed E-state index contributed by atoms with van der Waals surface area (Å²) in [4.78, 5) is 17.0. The Balaban J connectivity index is 1.53. The summed E-state index contributed by atoms with van der Waals surface area (Å²) >= 11 is 0. The molecule has 136 valence electrons. The maximum Gasteiger partial charge on any atom is 0.255 e. The van der Waals surface area contributed by atoms with Crippen LogP contribution >= 0.6 is 0 Å². The first-order chi connectivity index (χ1) is 12.7. The van der Waals surface area contributed by atoms with Crippen LogP contribution in [0.4, 0.5) is 0 Å². The number of aromatic nitrogens is 1. The summed E-state index contributed by atoms with van der Waals surface area (Å²) in [7, 11) is 0. The minimum atomic E-state index is -0.266.